The Morgan fingerprint density at radius 1 is 1.39 bits per heavy atom. The summed E-state index contributed by atoms with van der Waals surface area (Å²) in [6.07, 6.45) is 0.546. The van der Waals surface area contributed by atoms with Crippen LogP contribution >= 0.6 is 0 Å². The number of nitrogen functional groups attached to an aromatic ring is 1. The standard InChI is InChI=1S/C12H13N3O2S/c1-15-12(13)7-10(14-15)8-3-2-4-11-9(8)5-6-18(11,16)17/h2-4,7H,5-6,13H2,1H3. The van der Waals surface area contributed by atoms with Crippen LogP contribution in [-0.4, -0.2) is 24.0 Å². The molecule has 1 aliphatic rings. The van der Waals surface area contributed by atoms with Gasteiger partial charge in [-0.15, -0.1) is 0 Å². The Balaban J connectivity index is 2.24. The van der Waals surface area contributed by atoms with Crippen LogP contribution in [0.15, 0.2) is 29.2 Å². The minimum absolute atomic E-state index is 0.182. The first-order valence-corrected chi connectivity index (χ1v) is 7.29. The number of rotatable bonds is 1. The van der Waals surface area contributed by atoms with Gasteiger partial charge < -0.3 is 5.73 Å². The highest BCUT2D eigenvalue weighted by Crippen LogP contribution is 2.34. The van der Waals surface area contributed by atoms with E-state index < -0.39 is 9.84 Å². The minimum Gasteiger partial charge on any atom is -0.384 e. The Hall–Kier alpha value is -1.82. The van der Waals surface area contributed by atoms with Gasteiger partial charge in [-0.05, 0) is 18.1 Å². The first-order chi connectivity index (χ1) is 8.49. The van der Waals surface area contributed by atoms with Gasteiger partial charge in [0, 0.05) is 18.7 Å². The SMILES string of the molecule is Cn1nc(-c2cccc3c2CCS3(=O)=O)cc1N. The van der Waals surface area contributed by atoms with Crippen LogP contribution in [0.5, 0.6) is 0 Å². The van der Waals surface area contributed by atoms with Crippen LogP contribution < -0.4 is 5.73 Å². The van der Waals surface area contributed by atoms with Gasteiger partial charge >= 0.3 is 0 Å². The van der Waals surface area contributed by atoms with Crippen LogP contribution in [0.2, 0.25) is 0 Å². The van der Waals surface area contributed by atoms with E-state index in [1.807, 2.05) is 6.07 Å². The zero-order valence-electron chi connectivity index (χ0n) is 9.92. The second-order valence-corrected chi connectivity index (χ2v) is 6.51. The number of nitrogens with zero attached hydrogens (tertiary/aromatic N) is 2. The lowest BCUT2D eigenvalue weighted by Gasteiger charge is -2.04. The molecule has 0 bridgehead atoms. The highest BCUT2D eigenvalue weighted by Gasteiger charge is 2.28. The van der Waals surface area contributed by atoms with Crippen LogP contribution in [0.25, 0.3) is 11.3 Å². The van der Waals surface area contributed by atoms with E-state index in [1.54, 1.807) is 29.9 Å². The Labute approximate surface area is 105 Å². The molecule has 0 spiro atoms. The lowest BCUT2D eigenvalue weighted by Crippen LogP contribution is -1.98. The van der Waals surface area contributed by atoms with Crippen molar-refractivity contribution in [2.45, 2.75) is 11.3 Å². The van der Waals surface area contributed by atoms with Crippen molar-refractivity contribution < 1.29 is 8.42 Å². The molecule has 0 aliphatic carbocycles. The highest BCUT2D eigenvalue weighted by atomic mass is 32.2. The quantitative estimate of drug-likeness (QED) is 0.832. The van der Waals surface area contributed by atoms with Crippen LogP contribution in [0.3, 0.4) is 0 Å². The third-order valence-corrected chi connectivity index (χ3v) is 5.08. The molecular weight excluding hydrogens is 250 g/mol. The molecule has 2 aromatic rings. The number of hydrogen-bond acceptors (Lipinski definition) is 4. The highest BCUT2D eigenvalue weighted by molar-refractivity contribution is 7.91. The van der Waals surface area contributed by atoms with Crippen molar-refractivity contribution in [3.8, 4) is 11.3 Å². The number of benzene rings is 1. The fourth-order valence-corrected chi connectivity index (χ4v) is 3.88. The van der Waals surface area contributed by atoms with Crippen LogP contribution in [0, 0.1) is 0 Å². The van der Waals surface area contributed by atoms with Gasteiger partial charge in [-0.1, -0.05) is 12.1 Å². The van der Waals surface area contributed by atoms with E-state index in [2.05, 4.69) is 5.10 Å². The van der Waals surface area contributed by atoms with E-state index in [4.69, 9.17) is 5.73 Å². The Bertz CT molecular complexity index is 712. The molecule has 6 heteroatoms. The van der Waals surface area contributed by atoms with E-state index in [0.717, 1.165) is 16.8 Å². The largest absolute Gasteiger partial charge is 0.384 e. The molecule has 1 aliphatic heterocycles. The van der Waals surface area contributed by atoms with Crippen molar-refractivity contribution in [2.24, 2.45) is 7.05 Å². The predicted octanol–water partition coefficient (Wildman–Crippen LogP) is 0.999. The monoisotopic (exact) mass is 263 g/mol. The minimum atomic E-state index is -3.11. The second kappa shape index (κ2) is 3.58. The smallest absolute Gasteiger partial charge is 0.178 e. The molecule has 5 nitrogen and oxygen atoms in total. The zero-order chi connectivity index (χ0) is 12.9. The van der Waals surface area contributed by atoms with Crippen molar-refractivity contribution in [1.29, 1.82) is 0 Å². The molecular formula is C12H13N3O2S. The van der Waals surface area contributed by atoms with Gasteiger partial charge in [-0.25, -0.2) is 8.42 Å². The molecule has 0 radical (unpaired) electrons. The number of hydrogen-bond donors (Lipinski definition) is 1. The predicted molar refractivity (Wildman–Crippen MR) is 68.8 cm³/mol. The molecule has 0 unspecified atom stereocenters. The van der Waals surface area contributed by atoms with Gasteiger partial charge in [-0.3, -0.25) is 4.68 Å². The summed E-state index contributed by atoms with van der Waals surface area (Å²) in [5, 5.41) is 4.30. The van der Waals surface area contributed by atoms with Crippen molar-refractivity contribution in [1.82, 2.24) is 9.78 Å². The fraction of sp³-hybridized carbons (Fsp3) is 0.250. The number of nitrogens with two attached hydrogens (primary N) is 1. The lowest BCUT2D eigenvalue weighted by molar-refractivity contribution is 0.600. The molecule has 3 rings (SSSR count). The number of aryl methyl sites for hydroxylation is 1. The average molecular weight is 263 g/mol. The van der Waals surface area contributed by atoms with E-state index in [1.165, 1.54) is 0 Å². The average Bonchev–Trinajstić information content (AvgIpc) is 2.81. The van der Waals surface area contributed by atoms with Crippen molar-refractivity contribution >= 4 is 15.7 Å². The maximum Gasteiger partial charge on any atom is 0.178 e. The molecule has 0 amide bonds. The van der Waals surface area contributed by atoms with Crippen molar-refractivity contribution in [3.63, 3.8) is 0 Å². The third kappa shape index (κ3) is 1.53. The first-order valence-electron chi connectivity index (χ1n) is 5.63. The third-order valence-electron chi connectivity index (χ3n) is 3.28. The number of anilines is 1. The molecule has 0 fully saturated rings. The molecule has 2 heterocycles. The summed E-state index contributed by atoms with van der Waals surface area (Å²) in [4.78, 5) is 0.434. The second-order valence-electron chi connectivity index (χ2n) is 4.43. The van der Waals surface area contributed by atoms with Gasteiger partial charge in [0.2, 0.25) is 0 Å². The van der Waals surface area contributed by atoms with E-state index in [9.17, 15) is 8.42 Å². The van der Waals surface area contributed by atoms with Gasteiger partial charge in [0.25, 0.3) is 0 Å². The molecule has 2 N–H and O–H groups in total. The molecule has 0 saturated heterocycles. The molecule has 18 heavy (non-hydrogen) atoms. The maximum absolute atomic E-state index is 11.9. The van der Waals surface area contributed by atoms with Gasteiger partial charge in [0.15, 0.2) is 9.84 Å². The fourth-order valence-electron chi connectivity index (χ4n) is 2.31. The van der Waals surface area contributed by atoms with E-state index in [-0.39, 0.29) is 5.75 Å². The topological polar surface area (TPSA) is 78.0 Å². The first kappa shape index (κ1) is 11.3. The normalized spacial score (nSPS) is 16.7. The number of aromatic nitrogens is 2. The summed E-state index contributed by atoms with van der Waals surface area (Å²) >= 11 is 0. The van der Waals surface area contributed by atoms with Crippen LogP contribution in [-0.2, 0) is 23.3 Å². The van der Waals surface area contributed by atoms with E-state index in [0.29, 0.717) is 17.1 Å². The molecule has 0 atom stereocenters. The number of fused-ring (bicyclic) bond motifs is 1. The van der Waals surface area contributed by atoms with Gasteiger partial charge in [-0.2, -0.15) is 5.10 Å². The Kier molecular flexibility index (Phi) is 2.25. The van der Waals surface area contributed by atoms with Gasteiger partial charge in [0.1, 0.15) is 5.82 Å². The summed E-state index contributed by atoms with van der Waals surface area (Å²) in [5.41, 5.74) is 8.20. The maximum atomic E-state index is 11.9. The lowest BCUT2D eigenvalue weighted by atomic mass is 10.0. The van der Waals surface area contributed by atoms with Crippen LogP contribution in [0.1, 0.15) is 5.56 Å². The number of sulfone groups is 1. The van der Waals surface area contributed by atoms with Crippen molar-refractivity contribution in [3.05, 3.63) is 29.8 Å². The summed E-state index contributed by atoms with van der Waals surface area (Å²) in [5.74, 6) is 0.741. The molecule has 1 aromatic carbocycles. The zero-order valence-corrected chi connectivity index (χ0v) is 10.7. The summed E-state index contributed by atoms with van der Waals surface area (Å²) in [6.45, 7) is 0. The van der Waals surface area contributed by atoms with Crippen LogP contribution in [0.4, 0.5) is 5.82 Å². The van der Waals surface area contributed by atoms with Gasteiger partial charge in [0.05, 0.1) is 16.3 Å². The summed E-state index contributed by atoms with van der Waals surface area (Å²) in [7, 11) is -1.34. The summed E-state index contributed by atoms with van der Waals surface area (Å²) < 4.78 is 25.3. The molecule has 0 saturated carbocycles. The Morgan fingerprint density at radius 3 is 2.83 bits per heavy atom. The molecule has 1 aromatic heterocycles. The van der Waals surface area contributed by atoms with Crippen molar-refractivity contribution in [2.75, 3.05) is 11.5 Å². The summed E-state index contributed by atoms with van der Waals surface area (Å²) in [6, 6.07) is 7.07. The molecule has 94 valence electrons. The Morgan fingerprint density at radius 2 is 2.17 bits per heavy atom. The van der Waals surface area contributed by atoms with E-state index >= 15 is 0 Å².